The quantitative estimate of drug-likeness (QED) is 0.483. The smallest absolute Gasteiger partial charge is 0.326 e. The lowest BCUT2D eigenvalue weighted by atomic mass is 9.90. The van der Waals surface area contributed by atoms with Crippen LogP contribution in [0.3, 0.4) is 0 Å². The first kappa shape index (κ1) is 18.2. The second-order valence-electron chi connectivity index (χ2n) is 5.22. The summed E-state index contributed by atoms with van der Waals surface area (Å²) in [6.45, 7) is 4.73. The van der Waals surface area contributed by atoms with Gasteiger partial charge in [0.25, 0.3) is 0 Å². The molecule has 0 fully saturated rings. The van der Waals surface area contributed by atoms with Crippen LogP contribution < -0.4 is 10.6 Å². The minimum atomic E-state index is -1.45. The number of aliphatic carboxylic acids is 2. The molecule has 0 aliphatic heterocycles. The number of carbonyl (C=O) groups excluding carboxylic acids is 1. The van der Waals surface area contributed by atoms with E-state index in [4.69, 9.17) is 14.9 Å². The fourth-order valence-corrected chi connectivity index (χ4v) is 1.37. The average molecular weight is 290 g/mol. The van der Waals surface area contributed by atoms with Gasteiger partial charge in [0.1, 0.15) is 6.04 Å². The number of amides is 2. The summed E-state index contributed by atoms with van der Waals surface area (Å²) in [5, 5.41) is 22.0. The van der Waals surface area contributed by atoms with E-state index in [1.807, 2.05) is 13.8 Å². The van der Waals surface area contributed by atoms with E-state index < -0.39 is 30.4 Å². The molecule has 0 aliphatic rings. The number of nitrogens with one attached hydrogen (secondary N) is 2. The number of methoxy groups -OCH3 is 1. The molecule has 0 rings (SSSR count). The second kappa shape index (κ2) is 8.36. The fraction of sp³-hybridized carbons (Fsp3) is 0.750. The van der Waals surface area contributed by atoms with Gasteiger partial charge in [-0.15, -0.1) is 0 Å². The van der Waals surface area contributed by atoms with Crippen molar-refractivity contribution < 1.29 is 29.3 Å². The molecule has 0 aromatic rings. The van der Waals surface area contributed by atoms with E-state index in [0.29, 0.717) is 13.2 Å². The normalized spacial score (nSPS) is 12.6. The van der Waals surface area contributed by atoms with E-state index in [2.05, 4.69) is 10.6 Å². The third-order valence-electron chi connectivity index (χ3n) is 2.69. The maximum atomic E-state index is 11.6. The van der Waals surface area contributed by atoms with Crippen molar-refractivity contribution in [1.29, 1.82) is 0 Å². The molecule has 0 bridgehead atoms. The van der Waals surface area contributed by atoms with Crippen LogP contribution in [0, 0.1) is 5.41 Å². The molecule has 0 heterocycles. The molecule has 20 heavy (non-hydrogen) atoms. The second-order valence-corrected chi connectivity index (χ2v) is 5.22. The van der Waals surface area contributed by atoms with Crippen molar-refractivity contribution in [3.05, 3.63) is 0 Å². The lowest BCUT2D eigenvalue weighted by Gasteiger charge is -2.25. The molecular weight excluding hydrogens is 268 g/mol. The van der Waals surface area contributed by atoms with Crippen molar-refractivity contribution >= 4 is 18.0 Å². The van der Waals surface area contributed by atoms with E-state index in [-0.39, 0.29) is 5.41 Å². The molecule has 4 N–H and O–H groups in total. The van der Waals surface area contributed by atoms with E-state index in [9.17, 15) is 14.4 Å². The Bertz CT molecular complexity index is 356. The van der Waals surface area contributed by atoms with Gasteiger partial charge in [-0.3, -0.25) is 4.79 Å². The monoisotopic (exact) mass is 290 g/mol. The number of hydrogen-bond donors (Lipinski definition) is 4. The zero-order valence-electron chi connectivity index (χ0n) is 11.9. The van der Waals surface area contributed by atoms with Gasteiger partial charge >= 0.3 is 18.0 Å². The van der Waals surface area contributed by atoms with Gasteiger partial charge in [-0.05, 0) is 11.8 Å². The van der Waals surface area contributed by atoms with Gasteiger partial charge in [0.15, 0.2) is 0 Å². The topological polar surface area (TPSA) is 125 Å². The van der Waals surface area contributed by atoms with E-state index in [1.165, 1.54) is 0 Å². The molecule has 0 unspecified atom stereocenters. The van der Waals surface area contributed by atoms with Crippen LogP contribution in [0.2, 0.25) is 0 Å². The molecule has 1 atom stereocenters. The Kier molecular flexibility index (Phi) is 7.60. The van der Waals surface area contributed by atoms with Gasteiger partial charge in [0.2, 0.25) is 0 Å². The molecule has 0 saturated heterocycles. The number of ether oxygens (including phenoxy) is 1. The van der Waals surface area contributed by atoms with Crippen LogP contribution in [0.15, 0.2) is 0 Å². The summed E-state index contributed by atoms with van der Waals surface area (Å²) in [5.74, 6) is -2.68. The third kappa shape index (κ3) is 8.30. The van der Waals surface area contributed by atoms with Crippen LogP contribution in [0.5, 0.6) is 0 Å². The maximum absolute atomic E-state index is 11.6. The van der Waals surface area contributed by atoms with Crippen LogP contribution in [0.1, 0.15) is 26.7 Å². The van der Waals surface area contributed by atoms with Gasteiger partial charge in [-0.2, -0.15) is 0 Å². The van der Waals surface area contributed by atoms with Crippen molar-refractivity contribution in [3.8, 4) is 0 Å². The highest BCUT2D eigenvalue weighted by Crippen LogP contribution is 2.18. The van der Waals surface area contributed by atoms with Crippen molar-refractivity contribution in [2.75, 3.05) is 20.3 Å². The Balaban J connectivity index is 4.26. The lowest BCUT2D eigenvalue weighted by molar-refractivity contribution is -0.145. The number of urea groups is 1. The minimum Gasteiger partial charge on any atom is -0.481 e. The van der Waals surface area contributed by atoms with Crippen molar-refractivity contribution in [3.63, 3.8) is 0 Å². The van der Waals surface area contributed by atoms with Crippen LogP contribution >= 0.6 is 0 Å². The third-order valence-corrected chi connectivity index (χ3v) is 2.69. The first-order valence-corrected chi connectivity index (χ1v) is 6.16. The summed E-state index contributed by atoms with van der Waals surface area (Å²) in [7, 11) is 1.58. The number of carboxylic acid groups (broad SMARTS) is 2. The van der Waals surface area contributed by atoms with Gasteiger partial charge in [0, 0.05) is 20.3 Å². The van der Waals surface area contributed by atoms with Crippen molar-refractivity contribution in [1.82, 2.24) is 10.6 Å². The highest BCUT2D eigenvalue weighted by Gasteiger charge is 2.24. The molecule has 0 spiro atoms. The highest BCUT2D eigenvalue weighted by atomic mass is 16.5. The van der Waals surface area contributed by atoms with Crippen molar-refractivity contribution in [2.24, 2.45) is 5.41 Å². The Morgan fingerprint density at radius 1 is 1.25 bits per heavy atom. The van der Waals surface area contributed by atoms with Crippen LogP contribution in [-0.4, -0.2) is 54.5 Å². The molecular formula is C12H22N2O6. The Morgan fingerprint density at radius 3 is 2.30 bits per heavy atom. The zero-order chi connectivity index (χ0) is 15.8. The van der Waals surface area contributed by atoms with Gasteiger partial charge in [0.05, 0.1) is 6.42 Å². The SMILES string of the molecule is COCCC(C)(C)CNC(=O)N[C@@H](CC(=O)O)C(=O)O. The minimum absolute atomic E-state index is 0.209. The molecule has 0 saturated carbocycles. The van der Waals surface area contributed by atoms with E-state index in [1.54, 1.807) is 7.11 Å². The standard InChI is InChI=1S/C12H22N2O6/c1-12(2,4-5-20-3)7-13-11(19)14-8(10(17)18)6-9(15)16/h8H,4-7H2,1-3H3,(H,15,16)(H,17,18)(H2,13,14,19)/t8-/m0/s1. The van der Waals surface area contributed by atoms with Gasteiger partial charge in [-0.25, -0.2) is 9.59 Å². The Labute approximate surface area is 117 Å². The predicted octanol–water partition coefficient (Wildman–Crippen LogP) is 0.276. The largest absolute Gasteiger partial charge is 0.481 e. The first-order chi connectivity index (χ1) is 9.18. The summed E-state index contributed by atoms with van der Waals surface area (Å²) in [6, 6.07) is -2.15. The molecule has 116 valence electrons. The number of hydrogen-bond acceptors (Lipinski definition) is 4. The molecule has 0 aromatic heterocycles. The van der Waals surface area contributed by atoms with Gasteiger partial charge in [-0.1, -0.05) is 13.8 Å². The predicted molar refractivity (Wildman–Crippen MR) is 70.5 cm³/mol. The maximum Gasteiger partial charge on any atom is 0.326 e. The highest BCUT2D eigenvalue weighted by molar-refractivity contribution is 5.86. The molecule has 2 amide bonds. The van der Waals surface area contributed by atoms with Crippen LogP contribution in [0.25, 0.3) is 0 Å². The molecule has 0 radical (unpaired) electrons. The molecule has 0 aromatic carbocycles. The summed E-state index contributed by atoms with van der Waals surface area (Å²) in [6.07, 6.45) is 0.0527. The zero-order valence-corrected chi connectivity index (χ0v) is 11.9. The van der Waals surface area contributed by atoms with Crippen molar-refractivity contribution in [2.45, 2.75) is 32.7 Å². The van der Waals surface area contributed by atoms with Crippen LogP contribution in [0.4, 0.5) is 4.79 Å². The summed E-state index contributed by atoms with van der Waals surface area (Å²) < 4.78 is 4.95. The number of carboxylic acids is 2. The average Bonchev–Trinajstić information content (AvgIpc) is 2.33. The summed E-state index contributed by atoms with van der Waals surface area (Å²) in [5.41, 5.74) is -0.209. The first-order valence-electron chi connectivity index (χ1n) is 6.16. The lowest BCUT2D eigenvalue weighted by Crippen LogP contribution is -2.48. The number of carbonyl (C=O) groups is 3. The fourth-order valence-electron chi connectivity index (χ4n) is 1.37. The summed E-state index contributed by atoms with van der Waals surface area (Å²) in [4.78, 5) is 32.8. The molecule has 0 aliphatic carbocycles. The molecule has 8 nitrogen and oxygen atoms in total. The van der Waals surface area contributed by atoms with E-state index in [0.717, 1.165) is 6.42 Å². The summed E-state index contributed by atoms with van der Waals surface area (Å²) >= 11 is 0. The van der Waals surface area contributed by atoms with Gasteiger partial charge < -0.3 is 25.6 Å². The Hall–Kier alpha value is -1.83. The van der Waals surface area contributed by atoms with Crippen LogP contribution in [-0.2, 0) is 14.3 Å². The van der Waals surface area contributed by atoms with E-state index >= 15 is 0 Å². The Morgan fingerprint density at radius 2 is 1.85 bits per heavy atom. The number of rotatable bonds is 9. The molecule has 8 heteroatoms.